The molecule has 1 aromatic carbocycles. The van der Waals surface area contributed by atoms with Gasteiger partial charge in [0, 0.05) is 5.54 Å². The molecule has 0 unspecified atom stereocenters. The minimum Gasteiger partial charge on any atom is -0.447 e. The maximum atomic E-state index is 12.2. The topological polar surface area (TPSA) is 58.6 Å². The van der Waals surface area contributed by atoms with Gasteiger partial charge < -0.3 is 10.1 Å². The lowest BCUT2D eigenvalue weighted by Gasteiger charge is -2.26. The Kier molecular flexibility index (Phi) is 3.97. The Labute approximate surface area is 118 Å². The summed E-state index contributed by atoms with van der Waals surface area (Å²) in [6.45, 7) is 5.86. The van der Waals surface area contributed by atoms with Crippen LogP contribution in [0.15, 0.2) is 30.3 Å². The Morgan fingerprint density at radius 1 is 1.35 bits per heavy atom. The number of benzene rings is 1. The largest absolute Gasteiger partial charge is 0.447 e. The van der Waals surface area contributed by atoms with Crippen LogP contribution in [0.4, 0.5) is 9.59 Å². The van der Waals surface area contributed by atoms with Crippen molar-refractivity contribution in [2.24, 2.45) is 0 Å². The number of rotatable bonds is 2. The van der Waals surface area contributed by atoms with Crippen molar-refractivity contribution < 1.29 is 14.3 Å². The Morgan fingerprint density at radius 3 is 2.60 bits per heavy atom. The van der Waals surface area contributed by atoms with Crippen LogP contribution in [0.25, 0.3) is 0 Å². The van der Waals surface area contributed by atoms with Crippen molar-refractivity contribution in [3.63, 3.8) is 0 Å². The second-order valence-electron chi connectivity index (χ2n) is 5.97. The maximum absolute atomic E-state index is 12.2. The van der Waals surface area contributed by atoms with E-state index < -0.39 is 17.7 Å². The van der Waals surface area contributed by atoms with Gasteiger partial charge in [0.25, 0.3) is 0 Å². The molecule has 0 spiro atoms. The van der Waals surface area contributed by atoms with Crippen LogP contribution in [0.1, 0.15) is 26.3 Å². The van der Waals surface area contributed by atoms with Crippen molar-refractivity contribution in [1.82, 2.24) is 10.2 Å². The van der Waals surface area contributed by atoms with Crippen LogP contribution in [0.5, 0.6) is 0 Å². The molecule has 1 aliphatic heterocycles. The van der Waals surface area contributed by atoms with Crippen LogP contribution in [-0.4, -0.2) is 35.2 Å². The predicted octanol–water partition coefficient (Wildman–Crippen LogP) is 2.56. The molecule has 1 atom stereocenters. The zero-order valence-electron chi connectivity index (χ0n) is 12.1. The van der Waals surface area contributed by atoms with Gasteiger partial charge in [0.15, 0.2) is 0 Å². The summed E-state index contributed by atoms with van der Waals surface area (Å²) in [4.78, 5) is 25.1. The van der Waals surface area contributed by atoms with Crippen LogP contribution >= 0.6 is 0 Å². The van der Waals surface area contributed by atoms with Crippen molar-refractivity contribution in [1.29, 1.82) is 0 Å². The van der Waals surface area contributed by atoms with Gasteiger partial charge in [-0.1, -0.05) is 30.3 Å². The maximum Gasteiger partial charge on any atom is 0.418 e. The third-order valence-corrected chi connectivity index (χ3v) is 2.98. The van der Waals surface area contributed by atoms with Crippen LogP contribution < -0.4 is 5.32 Å². The molecule has 1 aliphatic rings. The Morgan fingerprint density at radius 2 is 2.00 bits per heavy atom. The summed E-state index contributed by atoms with van der Waals surface area (Å²) in [5.41, 5.74) is 0.682. The molecule has 2 rings (SSSR count). The molecule has 5 nitrogen and oxygen atoms in total. The molecule has 1 aromatic rings. The summed E-state index contributed by atoms with van der Waals surface area (Å²) in [7, 11) is 0. The average Bonchev–Trinajstić information content (AvgIpc) is 2.69. The molecule has 0 aromatic heterocycles. The van der Waals surface area contributed by atoms with Crippen molar-refractivity contribution >= 4 is 12.1 Å². The van der Waals surface area contributed by atoms with E-state index in [1.165, 1.54) is 4.90 Å². The van der Waals surface area contributed by atoms with Crippen molar-refractivity contribution in [2.75, 3.05) is 6.61 Å². The first-order chi connectivity index (χ1) is 9.37. The highest BCUT2D eigenvalue weighted by Crippen LogP contribution is 2.18. The molecular weight excluding hydrogens is 256 g/mol. The summed E-state index contributed by atoms with van der Waals surface area (Å²) >= 11 is 0. The van der Waals surface area contributed by atoms with Gasteiger partial charge in [-0.2, -0.15) is 0 Å². The highest BCUT2D eigenvalue weighted by Gasteiger charge is 2.38. The van der Waals surface area contributed by atoms with Crippen LogP contribution in [0.3, 0.4) is 0 Å². The SMILES string of the molecule is CC(C)(C)NC(=O)N1C(=O)OC[C@@H]1Cc1ccccc1. The van der Waals surface area contributed by atoms with Gasteiger partial charge in [-0.3, -0.25) is 0 Å². The number of urea groups is 1. The molecule has 0 saturated carbocycles. The Balaban J connectivity index is 2.09. The average molecular weight is 276 g/mol. The summed E-state index contributed by atoms with van der Waals surface area (Å²) in [5.74, 6) is 0. The molecular formula is C15H20N2O3. The van der Waals surface area contributed by atoms with E-state index in [-0.39, 0.29) is 12.6 Å². The van der Waals surface area contributed by atoms with Crippen LogP contribution in [0, 0.1) is 0 Å². The normalized spacial score (nSPS) is 18.9. The summed E-state index contributed by atoms with van der Waals surface area (Å²) in [6, 6.07) is 9.10. The molecule has 0 aliphatic carbocycles. The van der Waals surface area contributed by atoms with E-state index in [0.29, 0.717) is 6.42 Å². The minimum atomic E-state index is -0.576. The van der Waals surface area contributed by atoms with E-state index >= 15 is 0 Å². The minimum absolute atomic E-state index is 0.241. The number of ether oxygens (including phenoxy) is 1. The zero-order valence-corrected chi connectivity index (χ0v) is 12.1. The lowest BCUT2D eigenvalue weighted by Crippen LogP contribution is -2.52. The Hall–Kier alpha value is -2.04. The smallest absolute Gasteiger partial charge is 0.418 e. The first-order valence-electron chi connectivity index (χ1n) is 6.69. The number of nitrogens with zero attached hydrogens (tertiary/aromatic N) is 1. The van der Waals surface area contributed by atoms with Gasteiger partial charge in [0.2, 0.25) is 0 Å². The number of hydrogen-bond acceptors (Lipinski definition) is 3. The number of hydrogen-bond donors (Lipinski definition) is 1. The van der Waals surface area contributed by atoms with E-state index in [2.05, 4.69) is 5.32 Å². The third kappa shape index (κ3) is 3.50. The zero-order chi connectivity index (χ0) is 14.8. The van der Waals surface area contributed by atoms with E-state index in [4.69, 9.17) is 4.74 Å². The van der Waals surface area contributed by atoms with Gasteiger partial charge in [-0.15, -0.1) is 0 Å². The molecule has 5 heteroatoms. The number of cyclic esters (lactones) is 1. The van der Waals surface area contributed by atoms with Crippen LogP contribution in [-0.2, 0) is 11.2 Å². The molecule has 1 fully saturated rings. The molecule has 3 amide bonds. The number of imide groups is 1. The fourth-order valence-electron chi connectivity index (χ4n) is 2.13. The monoisotopic (exact) mass is 276 g/mol. The van der Waals surface area contributed by atoms with E-state index in [1.54, 1.807) is 0 Å². The summed E-state index contributed by atoms with van der Waals surface area (Å²) in [6.07, 6.45) is 0.0251. The molecule has 108 valence electrons. The number of carbonyl (C=O) groups is 2. The number of amides is 3. The molecule has 20 heavy (non-hydrogen) atoms. The van der Waals surface area contributed by atoms with Gasteiger partial charge in [-0.05, 0) is 32.8 Å². The number of nitrogens with one attached hydrogen (secondary N) is 1. The summed E-state index contributed by atoms with van der Waals surface area (Å²) in [5, 5.41) is 2.79. The Bertz CT molecular complexity index is 494. The molecule has 0 bridgehead atoms. The second kappa shape index (κ2) is 5.53. The van der Waals surface area contributed by atoms with Crippen molar-refractivity contribution in [2.45, 2.75) is 38.8 Å². The quantitative estimate of drug-likeness (QED) is 0.903. The molecule has 1 heterocycles. The molecule has 1 N–H and O–H groups in total. The van der Waals surface area contributed by atoms with E-state index in [0.717, 1.165) is 5.56 Å². The highest BCUT2D eigenvalue weighted by atomic mass is 16.6. The lowest BCUT2D eigenvalue weighted by atomic mass is 10.1. The fourth-order valence-corrected chi connectivity index (χ4v) is 2.13. The van der Waals surface area contributed by atoms with Gasteiger partial charge >= 0.3 is 12.1 Å². The van der Waals surface area contributed by atoms with E-state index in [1.807, 2.05) is 51.1 Å². The van der Waals surface area contributed by atoms with E-state index in [9.17, 15) is 9.59 Å². The van der Waals surface area contributed by atoms with Crippen LogP contribution in [0.2, 0.25) is 0 Å². The first kappa shape index (κ1) is 14.4. The van der Waals surface area contributed by atoms with Crippen molar-refractivity contribution in [3.05, 3.63) is 35.9 Å². The van der Waals surface area contributed by atoms with Gasteiger partial charge in [-0.25, -0.2) is 14.5 Å². The van der Waals surface area contributed by atoms with Gasteiger partial charge in [0.05, 0.1) is 6.04 Å². The second-order valence-corrected chi connectivity index (χ2v) is 5.97. The lowest BCUT2D eigenvalue weighted by molar-refractivity contribution is 0.156. The standard InChI is InChI=1S/C15H20N2O3/c1-15(2,3)16-13(18)17-12(10-20-14(17)19)9-11-7-5-4-6-8-11/h4-8,12H,9-10H2,1-3H3,(H,16,18)/t12-/m0/s1. The molecule has 1 saturated heterocycles. The number of carbonyl (C=O) groups excluding carboxylic acids is 2. The first-order valence-corrected chi connectivity index (χ1v) is 6.69. The summed E-state index contributed by atoms with van der Waals surface area (Å²) < 4.78 is 5.01. The molecule has 0 radical (unpaired) electrons. The highest BCUT2D eigenvalue weighted by molar-refractivity contribution is 5.92. The third-order valence-electron chi connectivity index (χ3n) is 2.98. The fraction of sp³-hybridized carbons (Fsp3) is 0.467. The van der Waals surface area contributed by atoms with Gasteiger partial charge in [0.1, 0.15) is 6.61 Å². The van der Waals surface area contributed by atoms with Crippen molar-refractivity contribution in [3.8, 4) is 0 Å². The predicted molar refractivity (Wildman–Crippen MR) is 75.4 cm³/mol.